The number of carbonyl (C=O) groups excluding carboxylic acids is 3. The molecule has 0 spiro atoms. The number of nitrogens with zero attached hydrogens (tertiary/aromatic N) is 1. The number of Topliss-reactive ketones (excluding diaryl/α,β-unsaturated/α-hetero) is 2. The van der Waals surface area contributed by atoms with E-state index in [-0.39, 0.29) is 23.3 Å². The number of primary amides is 1. The molecule has 1 fully saturated rings. The summed E-state index contributed by atoms with van der Waals surface area (Å²) in [6.07, 6.45) is -0.230. The lowest BCUT2D eigenvalue weighted by Crippen LogP contribution is -2.69. The number of ketones is 2. The minimum atomic E-state index is -2.64. The van der Waals surface area contributed by atoms with E-state index in [9.17, 15) is 45.0 Å². The number of likely N-dealkylation sites (N-methyl/N-ethyl adjacent to an activating group) is 1. The van der Waals surface area contributed by atoms with Gasteiger partial charge >= 0.3 is 0 Å². The third kappa shape index (κ3) is 3.05. The van der Waals surface area contributed by atoms with E-state index in [0.717, 1.165) is 19.1 Å². The first-order chi connectivity index (χ1) is 16.1. The molecule has 0 heterocycles. The second-order valence-electron chi connectivity index (χ2n) is 9.95. The van der Waals surface area contributed by atoms with Crippen LogP contribution in [-0.4, -0.2) is 78.8 Å². The molecule has 0 radical (unpaired) electrons. The Labute approximate surface area is 200 Å². The van der Waals surface area contributed by atoms with Gasteiger partial charge in [-0.25, -0.2) is 0 Å². The maximum absolute atomic E-state index is 14.0. The number of rotatable bonds is 3. The van der Waals surface area contributed by atoms with Crippen LogP contribution >= 0.6 is 0 Å². The number of nitrogens with two attached hydrogens (primary N) is 1. The van der Waals surface area contributed by atoms with Crippen molar-refractivity contribution in [1.29, 1.82) is 0 Å². The molecule has 1 amide bonds. The molecule has 0 saturated heterocycles. The van der Waals surface area contributed by atoms with E-state index in [1.54, 1.807) is 14.1 Å². The Bertz CT molecular complexity index is 1250. The minimum Gasteiger partial charge on any atom is -0.510 e. The molecule has 3 aliphatic rings. The number of aromatic hydroxyl groups is 2. The topological polar surface area (TPSA) is 202 Å². The van der Waals surface area contributed by atoms with Crippen molar-refractivity contribution in [1.82, 2.24) is 4.90 Å². The molecule has 0 aromatic heterocycles. The van der Waals surface area contributed by atoms with Crippen molar-refractivity contribution in [3.63, 3.8) is 0 Å². The zero-order chi connectivity index (χ0) is 26.4. The Kier molecular flexibility index (Phi) is 5.32. The lowest BCUT2D eigenvalue weighted by atomic mass is 9.51. The molecule has 0 aliphatic heterocycles. The summed E-state index contributed by atoms with van der Waals surface area (Å²) in [5, 5.41) is 66.0. The van der Waals surface area contributed by atoms with Gasteiger partial charge in [0.2, 0.25) is 5.91 Å². The van der Waals surface area contributed by atoms with Crippen LogP contribution in [0.2, 0.25) is 0 Å². The summed E-state index contributed by atoms with van der Waals surface area (Å²) in [7, 11) is 3.09. The lowest BCUT2D eigenvalue weighted by Gasteiger charge is -2.55. The van der Waals surface area contributed by atoms with Crippen molar-refractivity contribution in [2.45, 2.75) is 37.5 Å². The average Bonchev–Trinajstić information content (AvgIpc) is 2.71. The van der Waals surface area contributed by atoms with Crippen LogP contribution in [0.1, 0.15) is 31.4 Å². The van der Waals surface area contributed by atoms with Gasteiger partial charge in [0.15, 0.2) is 11.6 Å². The van der Waals surface area contributed by atoms with E-state index in [1.807, 2.05) is 0 Å². The van der Waals surface area contributed by atoms with Crippen LogP contribution < -0.4 is 5.73 Å². The number of benzene rings is 1. The molecule has 1 aromatic carbocycles. The van der Waals surface area contributed by atoms with Gasteiger partial charge in [0.25, 0.3) is 0 Å². The third-order valence-electron chi connectivity index (χ3n) is 7.72. The molecular formula is C24H28N2O9. The highest BCUT2D eigenvalue weighted by Gasteiger charge is 2.68. The molecule has 8 N–H and O–H groups in total. The highest BCUT2D eigenvalue weighted by Crippen LogP contribution is 2.59. The molecule has 35 heavy (non-hydrogen) atoms. The Morgan fingerprint density at radius 3 is 2.23 bits per heavy atom. The van der Waals surface area contributed by atoms with Gasteiger partial charge in [0.05, 0.1) is 17.2 Å². The third-order valence-corrected chi connectivity index (χ3v) is 7.72. The molecule has 0 bridgehead atoms. The second kappa shape index (κ2) is 7.54. The van der Waals surface area contributed by atoms with Gasteiger partial charge in [0, 0.05) is 34.6 Å². The van der Waals surface area contributed by atoms with Crippen LogP contribution in [0.4, 0.5) is 0 Å². The van der Waals surface area contributed by atoms with Gasteiger partial charge in [-0.2, -0.15) is 0 Å². The zero-order valence-corrected chi connectivity index (χ0v) is 19.6. The number of aliphatic hydroxyl groups is 4. The highest BCUT2D eigenvalue weighted by molar-refractivity contribution is 6.14. The summed E-state index contributed by atoms with van der Waals surface area (Å²) in [6.45, 7) is 2.39. The smallest absolute Gasteiger partial charge is 0.228 e. The molecule has 188 valence electrons. The van der Waals surface area contributed by atoms with Gasteiger partial charge in [-0.1, -0.05) is 0 Å². The fourth-order valence-electron chi connectivity index (χ4n) is 6.24. The van der Waals surface area contributed by atoms with Crippen LogP contribution in [-0.2, 0) is 20.0 Å². The van der Waals surface area contributed by atoms with Gasteiger partial charge < -0.3 is 36.4 Å². The van der Waals surface area contributed by atoms with Crippen LogP contribution in [0.25, 0.3) is 5.76 Å². The van der Waals surface area contributed by atoms with Gasteiger partial charge in [-0.15, -0.1) is 0 Å². The van der Waals surface area contributed by atoms with E-state index in [1.165, 1.54) is 11.8 Å². The summed E-state index contributed by atoms with van der Waals surface area (Å²) >= 11 is 0. The van der Waals surface area contributed by atoms with E-state index in [0.29, 0.717) is 0 Å². The van der Waals surface area contributed by atoms with E-state index >= 15 is 0 Å². The van der Waals surface area contributed by atoms with Crippen molar-refractivity contribution in [2.75, 3.05) is 14.1 Å². The second-order valence-corrected chi connectivity index (χ2v) is 9.95. The van der Waals surface area contributed by atoms with Gasteiger partial charge in [-0.05, 0) is 40.4 Å². The SMILES string of the molecule is CC(=O)C1=C(O)[C@@H](N(C)C)[C@@H]2C[C@H]3C(=C(O)c4c(O)cc(O)cc4[C@@]3(C)O)C(=O)[C@]2(O)C1C(N)=O. The number of aliphatic hydroxyl groups excluding tert-OH is 2. The summed E-state index contributed by atoms with van der Waals surface area (Å²) in [5.74, 6) is -9.74. The van der Waals surface area contributed by atoms with Gasteiger partial charge in [0.1, 0.15) is 34.5 Å². The Hall–Kier alpha value is -3.41. The fraction of sp³-hybridized carbons (Fsp3) is 0.458. The number of hydrogen-bond acceptors (Lipinski definition) is 10. The van der Waals surface area contributed by atoms with Crippen molar-refractivity contribution in [2.24, 2.45) is 23.5 Å². The van der Waals surface area contributed by atoms with Crippen molar-refractivity contribution < 1.29 is 45.0 Å². The Balaban J connectivity index is 2.08. The van der Waals surface area contributed by atoms with Crippen molar-refractivity contribution in [3.05, 3.63) is 40.2 Å². The molecule has 3 aliphatic carbocycles. The number of fused-ring (bicyclic) bond motifs is 3. The molecule has 1 aromatic rings. The fourth-order valence-corrected chi connectivity index (χ4v) is 6.24. The molecule has 4 rings (SSSR count). The van der Waals surface area contributed by atoms with Crippen molar-refractivity contribution >= 4 is 23.2 Å². The average molecular weight is 488 g/mol. The van der Waals surface area contributed by atoms with Crippen molar-refractivity contribution in [3.8, 4) is 11.5 Å². The Morgan fingerprint density at radius 1 is 1.11 bits per heavy atom. The van der Waals surface area contributed by atoms with E-state index in [4.69, 9.17) is 5.73 Å². The lowest BCUT2D eigenvalue weighted by molar-refractivity contribution is -0.171. The largest absolute Gasteiger partial charge is 0.510 e. The summed E-state index contributed by atoms with van der Waals surface area (Å²) in [5.41, 5.74) is -0.333. The quantitative estimate of drug-likeness (QED) is 0.303. The number of carbonyl (C=O) groups is 3. The number of phenolic OH excluding ortho intramolecular Hbond substituents is 2. The minimum absolute atomic E-state index is 0.0488. The number of amides is 1. The first-order valence-electron chi connectivity index (χ1n) is 11.0. The van der Waals surface area contributed by atoms with Crippen LogP contribution in [0.3, 0.4) is 0 Å². The predicted octanol–water partition coefficient (Wildman–Crippen LogP) is -0.0293. The standard InChI is InChI=1S/C24H28N2O9/c1-8(27)14-17(22(25)33)24(35)12(18(20(14)31)26(3)4)7-11-16(21(24)32)19(30)15-10(23(11,2)34)5-9(28)6-13(15)29/h5-6,11-12,17-18,28-31,34-35H,7H2,1-4H3,(H2,25,33)/t11-,12-,17?,18-,23+,24+/m0/s1. The zero-order valence-electron chi connectivity index (χ0n) is 19.6. The predicted molar refractivity (Wildman–Crippen MR) is 121 cm³/mol. The molecule has 11 heteroatoms. The van der Waals surface area contributed by atoms with Crippen LogP contribution in [0, 0.1) is 17.8 Å². The van der Waals surface area contributed by atoms with Gasteiger partial charge in [-0.3, -0.25) is 19.3 Å². The van der Waals surface area contributed by atoms with Crippen LogP contribution in [0.15, 0.2) is 29.0 Å². The first-order valence-corrected chi connectivity index (χ1v) is 11.0. The summed E-state index contributed by atoms with van der Waals surface area (Å²) in [4.78, 5) is 40.5. The maximum Gasteiger partial charge on any atom is 0.228 e. The number of hydrogen-bond donors (Lipinski definition) is 7. The van der Waals surface area contributed by atoms with E-state index in [2.05, 4.69) is 0 Å². The summed E-state index contributed by atoms with van der Waals surface area (Å²) < 4.78 is 0. The monoisotopic (exact) mass is 488 g/mol. The molecule has 11 nitrogen and oxygen atoms in total. The molecule has 1 unspecified atom stereocenters. The molecular weight excluding hydrogens is 460 g/mol. The van der Waals surface area contributed by atoms with E-state index < -0.39 is 80.9 Å². The normalized spacial score (nSPS) is 34.4. The summed E-state index contributed by atoms with van der Waals surface area (Å²) in [6, 6.07) is 0.951. The molecule has 6 atom stereocenters. The number of phenols is 2. The van der Waals surface area contributed by atoms with Crippen LogP contribution in [0.5, 0.6) is 11.5 Å². The Morgan fingerprint density at radius 2 is 1.71 bits per heavy atom. The first kappa shape index (κ1) is 24.7. The maximum atomic E-state index is 14.0. The highest BCUT2D eigenvalue weighted by atomic mass is 16.3. The molecule has 1 saturated carbocycles.